The van der Waals surface area contributed by atoms with E-state index in [9.17, 15) is 4.79 Å². The van der Waals surface area contributed by atoms with Gasteiger partial charge >= 0.3 is 0 Å². The lowest BCUT2D eigenvalue weighted by Crippen LogP contribution is -2.17. The van der Waals surface area contributed by atoms with E-state index in [2.05, 4.69) is 0 Å². The van der Waals surface area contributed by atoms with Gasteiger partial charge in [-0.15, -0.1) is 0 Å². The Bertz CT molecular complexity index is 519. The van der Waals surface area contributed by atoms with Crippen molar-refractivity contribution in [1.82, 2.24) is 4.57 Å². The smallest absolute Gasteiger partial charge is 0.254 e. The average molecular weight is 177 g/mol. The van der Waals surface area contributed by atoms with E-state index in [1.54, 1.807) is 17.8 Å². The van der Waals surface area contributed by atoms with Gasteiger partial charge in [0.25, 0.3) is 5.56 Å². The maximum absolute atomic E-state index is 11.5. The van der Waals surface area contributed by atoms with Crippen LogP contribution in [0.3, 0.4) is 0 Å². The number of nitrogens with zero attached hydrogens (tertiary/aromatic N) is 1. The highest BCUT2D eigenvalue weighted by molar-refractivity contribution is 5.80. The van der Waals surface area contributed by atoms with Crippen molar-refractivity contribution in [1.29, 1.82) is 0 Å². The van der Waals surface area contributed by atoms with Gasteiger partial charge < -0.3 is 8.98 Å². The highest BCUT2D eigenvalue weighted by Crippen LogP contribution is 2.19. The molecule has 0 radical (unpaired) electrons. The third kappa shape index (κ3) is 1.08. The van der Waals surface area contributed by atoms with Gasteiger partial charge in [0.15, 0.2) is 5.58 Å². The quantitative estimate of drug-likeness (QED) is 0.614. The minimum atomic E-state index is 0.0355. The van der Waals surface area contributed by atoms with Crippen molar-refractivity contribution < 1.29 is 4.42 Å². The van der Waals surface area contributed by atoms with Gasteiger partial charge in [0.05, 0.1) is 6.20 Å². The zero-order valence-corrected chi connectivity index (χ0v) is 7.92. The SMILES string of the molecule is Cc1cc2c(C)c(=O)n(C)cc2o1. The molecule has 0 aliphatic carbocycles. The van der Waals surface area contributed by atoms with Crippen molar-refractivity contribution in [2.75, 3.05) is 0 Å². The molecule has 0 atom stereocenters. The molecule has 68 valence electrons. The molecule has 13 heavy (non-hydrogen) atoms. The van der Waals surface area contributed by atoms with Crippen LogP contribution in [-0.4, -0.2) is 4.57 Å². The second-order valence-electron chi connectivity index (χ2n) is 3.31. The molecule has 0 spiro atoms. The number of furan rings is 1. The van der Waals surface area contributed by atoms with Crippen molar-refractivity contribution in [2.45, 2.75) is 13.8 Å². The molecular weight excluding hydrogens is 166 g/mol. The van der Waals surface area contributed by atoms with E-state index in [0.29, 0.717) is 0 Å². The second-order valence-corrected chi connectivity index (χ2v) is 3.31. The van der Waals surface area contributed by atoms with E-state index < -0.39 is 0 Å². The molecule has 0 saturated carbocycles. The summed E-state index contributed by atoms with van der Waals surface area (Å²) >= 11 is 0. The van der Waals surface area contributed by atoms with Crippen LogP contribution >= 0.6 is 0 Å². The third-order valence-electron chi connectivity index (χ3n) is 2.24. The molecule has 0 fully saturated rings. The minimum absolute atomic E-state index is 0.0355. The molecule has 3 heteroatoms. The number of pyridine rings is 1. The summed E-state index contributed by atoms with van der Waals surface area (Å²) in [5, 5.41) is 0.917. The highest BCUT2D eigenvalue weighted by Gasteiger charge is 2.07. The lowest BCUT2D eigenvalue weighted by atomic mass is 10.2. The standard InChI is InChI=1S/C10H11NO2/c1-6-4-8-7(2)10(12)11(3)5-9(8)13-6/h4-5H,1-3H3. The third-order valence-corrected chi connectivity index (χ3v) is 2.24. The van der Waals surface area contributed by atoms with Gasteiger partial charge in [0.1, 0.15) is 5.76 Å². The predicted molar refractivity (Wildman–Crippen MR) is 50.9 cm³/mol. The fourth-order valence-electron chi connectivity index (χ4n) is 1.54. The molecule has 0 bridgehead atoms. The van der Waals surface area contributed by atoms with Gasteiger partial charge in [-0.05, 0) is 19.9 Å². The molecule has 2 heterocycles. The fraction of sp³-hybridized carbons (Fsp3) is 0.300. The Hall–Kier alpha value is -1.51. The van der Waals surface area contributed by atoms with E-state index in [0.717, 1.165) is 22.3 Å². The molecule has 2 rings (SSSR count). The van der Waals surface area contributed by atoms with Crippen LogP contribution in [-0.2, 0) is 7.05 Å². The Kier molecular flexibility index (Phi) is 1.55. The molecule has 2 aromatic heterocycles. The Morgan fingerprint density at radius 3 is 2.77 bits per heavy atom. The first-order valence-corrected chi connectivity index (χ1v) is 4.16. The number of rotatable bonds is 0. The van der Waals surface area contributed by atoms with Crippen LogP contribution in [0.25, 0.3) is 11.0 Å². The maximum atomic E-state index is 11.5. The van der Waals surface area contributed by atoms with Crippen LogP contribution < -0.4 is 5.56 Å². The molecule has 2 aromatic rings. The van der Waals surface area contributed by atoms with E-state index in [1.807, 2.05) is 19.9 Å². The first kappa shape index (κ1) is 8.10. The second kappa shape index (κ2) is 2.49. The normalized spacial score (nSPS) is 11.0. The summed E-state index contributed by atoms with van der Waals surface area (Å²) in [7, 11) is 1.73. The molecule has 3 nitrogen and oxygen atoms in total. The lowest BCUT2D eigenvalue weighted by molar-refractivity contribution is 0.574. The largest absolute Gasteiger partial charge is 0.460 e. The molecule has 0 saturated heterocycles. The molecule has 0 N–H and O–H groups in total. The topological polar surface area (TPSA) is 35.1 Å². The summed E-state index contributed by atoms with van der Waals surface area (Å²) in [5.74, 6) is 0.837. The monoisotopic (exact) mass is 177 g/mol. The first-order valence-electron chi connectivity index (χ1n) is 4.16. The van der Waals surface area contributed by atoms with Crippen molar-refractivity contribution in [3.8, 4) is 0 Å². The van der Waals surface area contributed by atoms with Gasteiger partial charge in [-0.25, -0.2) is 0 Å². The Labute approximate surface area is 75.6 Å². The number of hydrogen-bond donors (Lipinski definition) is 0. The van der Waals surface area contributed by atoms with Gasteiger partial charge in [0, 0.05) is 18.0 Å². The molecule has 0 amide bonds. The predicted octanol–water partition coefficient (Wildman–Crippen LogP) is 1.75. The van der Waals surface area contributed by atoms with Crippen molar-refractivity contribution in [2.24, 2.45) is 7.05 Å². The average Bonchev–Trinajstić information content (AvgIpc) is 2.42. The summed E-state index contributed by atoms with van der Waals surface area (Å²) in [6.45, 7) is 3.70. The molecule has 0 aromatic carbocycles. The van der Waals surface area contributed by atoms with Gasteiger partial charge in [0.2, 0.25) is 0 Å². The number of fused-ring (bicyclic) bond motifs is 1. The van der Waals surface area contributed by atoms with Crippen LogP contribution in [0.4, 0.5) is 0 Å². The van der Waals surface area contributed by atoms with Crippen molar-refractivity contribution in [3.05, 3.63) is 33.9 Å². The zero-order chi connectivity index (χ0) is 9.59. The summed E-state index contributed by atoms with van der Waals surface area (Å²) in [4.78, 5) is 11.5. The van der Waals surface area contributed by atoms with Crippen LogP contribution in [0.15, 0.2) is 21.5 Å². The zero-order valence-electron chi connectivity index (χ0n) is 7.92. The summed E-state index contributed by atoms with van der Waals surface area (Å²) in [5.41, 5.74) is 1.56. The van der Waals surface area contributed by atoms with E-state index in [1.165, 1.54) is 0 Å². The minimum Gasteiger partial charge on any atom is -0.460 e. The number of aryl methyl sites for hydroxylation is 3. The van der Waals surface area contributed by atoms with Gasteiger partial charge in [-0.2, -0.15) is 0 Å². The lowest BCUT2D eigenvalue weighted by Gasteiger charge is -1.98. The van der Waals surface area contributed by atoms with Crippen molar-refractivity contribution in [3.63, 3.8) is 0 Å². The molecule has 0 aliphatic heterocycles. The van der Waals surface area contributed by atoms with Crippen LogP contribution in [0.1, 0.15) is 11.3 Å². The van der Waals surface area contributed by atoms with Crippen molar-refractivity contribution >= 4 is 11.0 Å². The Balaban J connectivity index is 3.01. The van der Waals surface area contributed by atoms with Crippen LogP contribution in [0.2, 0.25) is 0 Å². The number of hydrogen-bond acceptors (Lipinski definition) is 2. The first-order chi connectivity index (χ1) is 6.09. The van der Waals surface area contributed by atoms with Crippen LogP contribution in [0, 0.1) is 13.8 Å². The van der Waals surface area contributed by atoms with E-state index >= 15 is 0 Å². The number of aromatic nitrogens is 1. The summed E-state index contributed by atoms with van der Waals surface area (Å²) in [6, 6.07) is 1.89. The Morgan fingerprint density at radius 2 is 2.08 bits per heavy atom. The van der Waals surface area contributed by atoms with Gasteiger partial charge in [-0.3, -0.25) is 4.79 Å². The van der Waals surface area contributed by atoms with Gasteiger partial charge in [-0.1, -0.05) is 0 Å². The van der Waals surface area contributed by atoms with Crippen LogP contribution in [0.5, 0.6) is 0 Å². The Morgan fingerprint density at radius 1 is 1.38 bits per heavy atom. The van der Waals surface area contributed by atoms with E-state index in [4.69, 9.17) is 4.42 Å². The summed E-state index contributed by atoms with van der Waals surface area (Å²) in [6.07, 6.45) is 1.72. The molecule has 0 unspecified atom stereocenters. The molecular formula is C10H11NO2. The molecule has 0 aliphatic rings. The maximum Gasteiger partial charge on any atom is 0.254 e. The fourth-order valence-corrected chi connectivity index (χ4v) is 1.54. The summed E-state index contributed by atoms with van der Waals surface area (Å²) < 4.78 is 6.97. The van der Waals surface area contributed by atoms with E-state index in [-0.39, 0.29) is 5.56 Å². The highest BCUT2D eigenvalue weighted by atomic mass is 16.3.